The molecular weight excluding hydrogens is 278 g/mol. The molecule has 7 heteroatoms. The predicted octanol–water partition coefficient (Wildman–Crippen LogP) is 0.618. The molecular formula is C13H19N3O3S. The summed E-state index contributed by atoms with van der Waals surface area (Å²) in [6, 6.07) is 4.94. The number of nitrogen functional groups attached to an aromatic ring is 1. The van der Waals surface area contributed by atoms with Gasteiger partial charge in [0.25, 0.3) is 5.91 Å². The molecule has 0 radical (unpaired) electrons. The third-order valence-corrected chi connectivity index (χ3v) is 5.38. The largest absolute Gasteiger partial charge is 0.397 e. The zero-order chi connectivity index (χ0) is 15.0. The molecule has 1 saturated heterocycles. The molecule has 1 aliphatic heterocycles. The standard InChI is InChI=1S/C13H19N3O3S/c1-13(5-6-20(18,19)8-13)16-11-4-3-9(7-10(11)14)12(17)15-2/h3-4,7,16H,5-6,8,14H2,1-2H3,(H,15,17). The lowest BCUT2D eigenvalue weighted by atomic mass is 10.0. The molecule has 1 amide bonds. The quantitative estimate of drug-likeness (QED) is 0.710. The molecule has 4 N–H and O–H groups in total. The molecule has 6 nitrogen and oxygen atoms in total. The van der Waals surface area contributed by atoms with Crippen LogP contribution in [0.25, 0.3) is 0 Å². The maximum Gasteiger partial charge on any atom is 0.251 e. The van der Waals surface area contributed by atoms with Crippen LogP contribution in [0, 0.1) is 0 Å². The number of sulfone groups is 1. The average molecular weight is 297 g/mol. The lowest BCUT2D eigenvalue weighted by Crippen LogP contribution is -2.36. The van der Waals surface area contributed by atoms with Crippen LogP contribution in [0.5, 0.6) is 0 Å². The summed E-state index contributed by atoms with van der Waals surface area (Å²) in [7, 11) is -1.43. The molecule has 110 valence electrons. The van der Waals surface area contributed by atoms with Gasteiger partial charge in [-0.15, -0.1) is 0 Å². The molecule has 20 heavy (non-hydrogen) atoms. The highest BCUT2D eigenvalue weighted by Gasteiger charge is 2.38. The maximum atomic E-state index is 11.6. The second-order valence-corrected chi connectivity index (χ2v) is 7.59. The monoisotopic (exact) mass is 297 g/mol. The van der Waals surface area contributed by atoms with Crippen LogP contribution >= 0.6 is 0 Å². The van der Waals surface area contributed by atoms with Gasteiger partial charge in [0.05, 0.1) is 22.9 Å². The van der Waals surface area contributed by atoms with Crippen molar-refractivity contribution in [3.8, 4) is 0 Å². The van der Waals surface area contributed by atoms with E-state index in [-0.39, 0.29) is 17.4 Å². The number of amides is 1. The van der Waals surface area contributed by atoms with E-state index in [1.807, 2.05) is 6.92 Å². The molecule has 2 rings (SSSR count). The van der Waals surface area contributed by atoms with Gasteiger partial charge in [0.2, 0.25) is 0 Å². The van der Waals surface area contributed by atoms with Gasteiger partial charge in [0.1, 0.15) is 0 Å². The first-order valence-corrected chi connectivity index (χ1v) is 8.17. The average Bonchev–Trinajstić information content (AvgIpc) is 2.65. The van der Waals surface area contributed by atoms with Crippen molar-refractivity contribution in [2.75, 3.05) is 29.6 Å². The van der Waals surface area contributed by atoms with Crippen LogP contribution in [0.3, 0.4) is 0 Å². The lowest BCUT2D eigenvalue weighted by Gasteiger charge is -2.26. The number of nitrogens with two attached hydrogens (primary N) is 1. The Balaban J connectivity index is 2.21. The van der Waals surface area contributed by atoms with Crippen molar-refractivity contribution in [3.05, 3.63) is 23.8 Å². The lowest BCUT2D eigenvalue weighted by molar-refractivity contribution is 0.0963. The Kier molecular flexibility index (Phi) is 3.64. The van der Waals surface area contributed by atoms with Gasteiger partial charge in [-0.3, -0.25) is 4.79 Å². The fourth-order valence-electron chi connectivity index (χ4n) is 2.40. The highest BCUT2D eigenvalue weighted by molar-refractivity contribution is 7.91. The van der Waals surface area contributed by atoms with Crippen LogP contribution in [-0.4, -0.2) is 38.4 Å². The summed E-state index contributed by atoms with van der Waals surface area (Å²) in [4.78, 5) is 11.5. The van der Waals surface area contributed by atoms with E-state index in [1.165, 1.54) is 0 Å². The second-order valence-electron chi connectivity index (χ2n) is 5.41. The molecule has 1 atom stereocenters. The number of carbonyl (C=O) groups is 1. The Hall–Kier alpha value is -1.76. The van der Waals surface area contributed by atoms with Crippen molar-refractivity contribution in [2.45, 2.75) is 18.9 Å². The third-order valence-electron chi connectivity index (χ3n) is 3.48. The van der Waals surface area contributed by atoms with Crippen LogP contribution in [-0.2, 0) is 9.84 Å². The van der Waals surface area contributed by atoms with E-state index < -0.39 is 15.4 Å². The van der Waals surface area contributed by atoms with E-state index in [2.05, 4.69) is 10.6 Å². The van der Waals surface area contributed by atoms with Crippen molar-refractivity contribution >= 4 is 27.1 Å². The highest BCUT2D eigenvalue weighted by Crippen LogP contribution is 2.30. The first-order chi connectivity index (χ1) is 9.25. The first-order valence-electron chi connectivity index (χ1n) is 6.35. The fourth-order valence-corrected chi connectivity index (χ4v) is 4.49. The Labute approximate surface area is 118 Å². The van der Waals surface area contributed by atoms with Crippen molar-refractivity contribution in [3.63, 3.8) is 0 Å². The number of nitrogens with one attached hydrogen (secondary N) is 2. The van der Waals surface area contributed by atoms with Gasteiger partial charge in [0.15, 0.2) is 9.84 Å². The van der Waals surface area contributed by atoms with Crippen molar-refractivity contribution in [2.24, 2.45) is 0 Å². The summed E-state index contributed by atoms with van der Waals surface area (Å²) >= 11 is 0. The van der Waals surface area contributed by atoms with Crippen LogP contribution < -0.4 is 16.4 Å². The van der Waals surface area contributed by atoms with Gasteiger partial charge in [-0.05, 0) is 31.5 Å². The van der Waals surface area contributed by atoms with E-state index >= 15 is 0 Å². The molecule has 1 aliphatic rings. The topological polar surface area (TPSA) is 101 Å². The molecule has 0 spiro atoms. The van der Waals surface area contributed by atoms with Crippen molar-refractivity contribution in [1.29, 1.82) is 0 Å². The number of carbonyl (C=O) groups excluding carboxylic acids is 1. The van der Waals surface area contributed by atoms with E-state index in [9.17, 15) is 13.2 Å². The van der Waals surface area contributed by atoms with Gasteiger partial charge < -0.3 is 16.4 Å². The Morgan fingerprint density at radius 2 is 2.10 bits per heavy atom. The summed E-state index contributed by atoms with van der Waals surface area (Å²) in [6.45, 7) is 1.86. The molecule has 1 fully saturated rings. The zero-order valence-corrected chi connectivity index (χ0v) is 12.4. The highest BCUT2D eigenvalue weighted by atomic mass is 32.2. The number of hydrogen-bond acceptors (Lipinski definition) is 5. The molecule has 0 aliphatic carbocycles. The van der Waals surface area contributed by atoms with Gasteiger partial charge in [-0.25, -0.2) is 8.42 Å². The molecule has 1 aromatic rings. The van der Waals surface area contributed by atoms with E-state index in [4.69, 9.17) is 5.73 Å². The number of hydrogen-bond donors (Lipinski definition) is 3. The molecule has 1 heterocycles. The van der Waals surface area contributed by atoms with Crippen LogP contribution in [0.4, 0.5) is 11.4 Å². The Bertz CT molecular complexity index is 642. The smallest absolute Gasteiger partial charge is 0.251 e. The zero-order valence-electron chi connectivity index (χ0n) is 11.6. The van der Waals surface area contributed by atoms with Gasteiger partial charge >= 0.3 is 0 Å². The van der Waals surface area contributed by atoms with E-state index in [0.29, 0.717) is 23.4 Å². The SMILES string of the molecule is CNC(=O)c1ccc(NC2(C)CCS(=O)(=O)C2)c(N)c1. The normalized spacial score (nSPS) is 24.3. The van der Waals surface area contributed by atoms with E-state index in [0.717, 1.165) is 0 Å². The summed E-state index contributed by atoms with van der Waals surface area (Å²) in [5.74, 6) is 0.0708. The van der Waals surface area contributed by atoms with E-state index in [1.54, 1.807) is 25.2 Å². The second kappa shape index (κ2) is 4.97. The minimum Gasteiger partial charge on any atom is -0.397 e. The number of rotatable bonds is 3. The van der Waals surface area contributed by atoms with Crippen LogP contribution in [0.15, 0.2) is 18.2 Å². The maximum absolute atomic E-state index is 11.6. The number of benzene rings is 1. The van der Waals surface area contributed by atoms with Gasteiger partial charge in [0, 0.05) is 18.2 Å². The van der Waals surface area contributed by atoms with Gasteiger partial charge in [-0.2, -0.15) is 0 Å². The molecule has 1 aromatic carbocycles. The third kappa shape index (κ3) is 3.04. The summed E-state index contributed by atoms with van der Waals surface area (Å²) in [5, 5.41) is 5.71. The minimum absolute atomic E-state index is 0.0939. The van der Waals surface area contributed by atoms with Gasteiger partial charge in [-0.1, -0.05) is 0 Å². The molecule has 0 aromatic heterocycles. The summed E-state index contributed by atoms with van der Waals surface area (Å²) in [6.07, 6.45) is 0.548. The fraction of sp³-hybridized carbons (Fsp3) is 0.462. The molecule has 0 saturated carbocycles. The molecule has 1 unspecified atom stereocenters. The van der Waals surface area contributed by atoms with Crippen molar-refractivity contribution < 1.29 is 13.2 Å². The number of anilines is 2. The Morgan fingerprint density at radius 1 is 1.40 bits per heavy atom. The first kappa shape index (κ1) is 14.6. The van der Waals surface area contributed by atoms with Crippen molar-refractivity contribution in [1.82, 2.24) is 5.32 Å². The summed E-state index contributed by atoms with van der Waals surface area (Å²) < 4.78 is 23.2. The predicted molar refractivity (Wildman–Crippen MR) is 79.5 cm³/mol. The minimum atomic E-state index is -2.98. The van der Waals surface area contributed by atoms with Crippen LogP contribution in [0.2, 0.25) is 0 Å². The summed E-state index contributed by atoms with van der Waals surface area (Å²) in [5.41, 5.74) is 6.96. The van der Waals surface area contributed by atoms with Crippen LogP contribution in [0.1, 0.15) is 23.7 Å². The molecule has 0 bridgehead atoms. The Morgan fingerprint density at radius 3 is 2.60 bits per heavy atom.